The van der Waals surface area contributed by atoms with E-state index in [1.54, 1.807) is 42.5 Å². The van der Waals surface area contributed by atoms with E-state index in [1.807, 2.05) is 0 Å². The zero-order valence-electron chi connectivity index (χ0n) is 16.0. The Balaban J connectivity index is 2.04. The van der Waals surface area contributed by atoms with Crippen molar-refractivity contribution in [2.24, 2.45) is 0 Å². The van der Waals surface area contributed by atoms with Crippen LogP contribution in [0.2, 0.25) is 0 Å². The summed E-state index contributed by atoms with van der Waals surface area (Å²) in [6, 6.07) is 12.1. The molecule has 0 spiro atoms. The van der Waals surface area contributed by atoms with E-state index >= 15 is 0 Å². The molecule has 0 unspecified atom stereocenters. The molecule has 0 fully saturated rings. The predicted molar refractivity (Wildman–Crippen MR) is 107 cm³/mol. The number of methoxy groups -OCH3 is 1. The lowest BCUT2D eigenvalue weighted by atomic mass is 10.2. The summed E-state index contributed by atoms with van der Waals surface area (Å²) in [7, 11) is 1.52. The van der Waals surface area contributed by atoms with Gasteiger partial charge in [0.2, 0.25) is 5.91 Å². The fourth-order valence-corrected chi connectivity index (χ4v) is 2.53. The summed E-state index contributed by atoms with van der Waals surface area (Å²) in [6.45, 7) is 4.25. The average molecular weight is 370 g/mol. The number of anilines is 2. The van der Waals surface area contributed by atoms with Crippen LogP contribution in [0.5, 0.6) is 11.5 Å². The zero-order valence-corrected chi connectivity index (χ0v) is 16.0. The van der Waals surface area contributed by atoms with Crippen molar-refractivity contribution in [1.29, 1.82) is 0 Å². The summed E-state index contributed by atoms with van der Waals surface area (Å²) < 4.78 is 10.9. The molecule has 0 bridgehead atoms. The molecular formula is C21H26N2O4. The highest BCUT2D eigenvalue weighted by molar-refractivity contribution is 6.05. The van der Waals surface area contributed by atoms with Crippen LogP contribution >= 0.6 is 0 Å². The lowest BCUT2D eigenvalue weighted by Gasteiger charge is -2.13. The number of amides is 2. The molecule has 0 saturated heterocycles. The van der Waals surface area contributed by atoms with Crippen LogP contribution < -0.4 is 20.1 Å². The summed E-state index contributed by atoms with van der Waals surface area (Å²) in [5.74, 6) is 0.791. The van der Waals surface area contributed by atoms with Crippen molar-refractivity contribution in [3.05, 3.63) is 48.0 Å². The van der Waals surface area contributed by atoms with E-state index < -0.39 is 0 Å². The number of rotatable bonds is 9. The third-order valence-corrected chi connectivity index (χ3v) is 3.90. The second-order valence-corrected chi connectivity index (χ2v) is 6.13. The van der Waals surface area contributed by atoms with Crippen LogP contribution in [0.25, 0.3) is 0 Å². The minimum atomic E-state index is -0.272. The number of hydrogen-bond acceptors (Lipinski definition) is 4. The predicted octanol–water partition coefficient (Wildman–Crippen LogP) is 4.47. The number of carbonyl (C=O) groups is 2. The third-order valence-electron chi connectivity index (χ3n) is 3.90. The molecule has 144 valence electrons. The van der Waals surface area contributed by atoms with E-state index in [1.165, 1.54) is 14.0 Å². The summed E-state index contributed by atoms with van der Waals surface area (Å²) in [5, 5.41) is 5.50. The molecule has 0 heterocycles. The van der Waals surface area contributed by atoms with E-state index in [-0.39, 0.29) is 11.8 Å². The molecule has 6 heteroatoms. The van der Waals surface area contributed by atoms with Gasteiger partial charge in [0.15, 0.2) is 0 Å². The molecule has 0 aliphatic heterocycles. The van der Waals surface area contributed by atoms with Gasteiger partial charge in [-0.3, -0.25) is 9.59 Å². The molecule has 0 aromatic heterocycles. The Labute approximate surface area is 159 Å². The highest BCUT2D eigenvalue weighted by Crippen LogP contribution is 2.28. The Morgan fingerprint density at radius 1 is 1.00 bits per heavy atom. The van der Waals surface area contributed by atoms with Crippen molar-refractivity contribution in [3.8, 4) is 11.5 Å². The molecule has 2 N–H and O–H groups in total. The lowest BCUT2D eigenvalue weighted by molar-refractivity contribution is -0.114. The van der Waals surface area contributed by atoms with Crippen LogP contribution in [-0.2, 0) is 4.79 Å². The van der Waals surface area contributed by atoms with Crippen LogP contribution in [0, 0.1) is 0 Å². The number of benzene rings is 2. The molecule has 2 aromatic rings. The van der Waals surface area contributed by atoms with Gasteiger partial charge in [0.1, 0.15) is 11.5 Å². The van der Waals surface area contributed by atoms with E-state index in [0.29, 0.717) is 29.3 Å². The largest absolute Gasteiger partial charge is 0.495 e. The van der Waals surface area contributed by atoms with Crippen molar-refractivity contribution in [3.63, 3.8) is 0 Å². The summed E-state index contributed by atoms with van der Waals surface area (Å²) in [4.78, 5) is 23.8. The highest BCUT2D eigenvalue weighted by atomic mass is 16.5. The van der Waals surface area contributed by atoms with Gasteiger partial charge in [0.25, 0.3) is 5.91 Å². The van der Waals surface area contributed by atoms with Gasteiger partial charge in [-0.2, -0.15) is 0 Å². The minimum absolute atomic E-state index is 0.188. The van der Waals surface area contributed by atoms with Gasteiger partial charge in [0, 0.05) is 18.2 Å². The van der Waals surface area contributed by atoms with E-state index in [2.05, 4.69) is 17.6 Å². The normalized spacial score (nSPS) is 10.2. The van der Waals surface area contributed by atoms with Crippen molar-refractivity contribution < 1.29 is 19.1 Å². The maximum atomic E-state index is 12.5. The monoisotopic (exact) mass is 370 g/mol. The van der Waals surface area contributed by atoms with E-state index in [0.717, 1.165) is 25.0 Å². The summed E-state index contributed by atoms with van der Waals surface area (Å²) in [5.41, 5.74) is 1.56. The SMILES string of the molecule is CCCCCOc1ccc(C(=O)Nc2cc(NC(C)=O)ccc2OC)cc1. The van der Waals surface area contributed by atoms with Crippen LogP contribution in [0.4, 0.5) is 11.4 Å². The average Bonchev–Trinajstić information content (AvgIpc) is 2.65. The molecule has 0 aliphatic rings. The number of hydrogen-bond donors (Lipinski definition) is 2. The summed E-state index contributed by atoms with van der Waals surface area (Å²) in [6.07, 6.45) is 3.30. The molecule has 0 atom stereocenters. The molecule has 6 nitrogen and oxygen atoms in total. The van der Waals surface area contributed by atoms with E-state index in [9.17, 15) is 9.59 Å². The Hall–Kier alpha value is -3.02. The minimum Gasteiger partial charge on any atom is -0.495 e. The van der Waals surface area contributed by atoms with Crippen molar-refractivity contribution in [2.75, 3.05) is 24.4 Å². The van der Waals surface area contributed by atoms with Gasteiger partial charge in [0.05, 0.1) is 19.4 Å². The Morgan fingerprint density at radius 3 is 2.37 bits per heavy atom. The Morgan fingerprint density at radius 2 is 1.74 bits per heavy atom. The lowest BCUT2D eigenvalue weighted by Crippen LogP contribution is -2.13. The number of unbranched alkanes of at least 4 members (excludes halogenated alkanes) is 2. The molecule has 27 heavy (non-hydrogen) atoms. The van der Waals surface area contributed by atoms with Crippen molar-refractivity contribution in [1.82, 2.24) is 0 Å². The Kier molecular flexibility index (Phi) is 7.67. The molecule has 0 radical (unpaired) electrons. The smallest absolute Gasteiger partial charge is 0.255 e. The standard InChI is InChI=1S/C21H26N2O4/c1-4-5-6-13-27-18-10-7-16(8-11-18)21(25)23-19-14-17(22-15(2)24)9-12-20(19)26-3/h7-12,14H,4-6,13H2,1-3H3,(H,22,24)(H,23,25). The van der Waals surface area contributed by atoms with Gasteiger partial charge in [-0.25, -0.2) is 0 Å². The molecule has 2 amide bonds. The Bertz CT molecular complexity index is 772. The fraction of sp³-hybridized carbons (Fsp3) is 0.333. The molecule has 0 aliphatic carbocycles. The zero-order chi connectivity index (χ0) is 19.6. The first-order valence-corrected chi connectivity index (χ1v) is 9.03. The first-order valence-electron chi connectivity index (χ1n) is 9.03. The van der Waals surface area contributed by atoms with Crippen LogP contribution in [0.15, 0.2) is 42.5 Å². The maximum Gasteiger partial charge on any atom is 0.255 e. The number of nitrogens with one attached hydrogen (secondary N) is 2. The second-order valence-electron chi connectivity index (χ2n) is 6.13. The quantitative estimate of drug-likeness (QED) is 0.638. The van der Waals surface area contributed by atoms with Gasteiger partial charge < -0.3 is 20.1 Å². The summed E-state index contributed by atoms with van der Waals surface area (Å²) >= 11 is 0. The molecular weight excluding hydrogens is 344 g/mol. The fourth-order valence-electron chi connectivity index (χ4n) is 2.53. The van der Waals surface area contributed by atoms with Crippen LogP contribution in [-0.4, -0.2) is 25.5 Å². The topological polar surface area (TPSA) is 76.7 Å². The van der Waals surface area contributed by atoms with Gasteiger partial charge in [-0.15, -0.1) is 0 Å². The highest BCUT2D eigenvalue weighted by Gasteiger charge is 2.11. The van der Waals surface area contributed by atoms with Gasteiger partial charge in [-0.1, -0.05) is 19.8 Å². The van der Waals surface area contributed by atoms with Crippen molar-refractivity contribution in [2.45, 2.75) is 33.1 Å². The molecule has 2 aromatic carbocycles. The van der Waals surface area contributed by atoms with Crippen LogP contribution in [0.3, 0.4) is 0 Å². The van der Waals surface area contributed by atoms with Gasteiger partial charge in [-0.05, 0) is 48.9 Å². The first-order chi connectivity index (χ1) is 13.0. The third kappa shape index (κ3) is 6.33. The maximum absolute atomic E-state index is 12.5. The van der Waals surface area contributed by atoms with Crippen molar-refractivity contribution >= 4 is 23.2 Å². The first kappa shape index (κ1) is 20.3. The van der Waals surface area contributed by atoms with E-state index in [4.69, 9.17) is 9.47 Å². The van der Waals surface area contributed by atoms with Crippen LogP contribution in [0.1, 0.15) is 43.5 Å². The number of ether oxygens (including phenoxy) is 2. The molecule has 2 rings (SSSR count). The second kappa shape index (κ2) is 10.2. The van der Waals surface area contributed by atoms with Gasteiger partial charge >= 0.3 is 0 Å². The molecule has 0 saturated carbocycles. The number of carbonyl (C=O) groups excluding carboxylic acids is 2.